The summed E-state index contributed by atoms with van der Waals surface area (Å²) < 4.78 is 0. The molecule has 20 heavy (non-hydrogen) atoms. The van der Waals surface area contributed by atoms with Gasteiger partial charge >= 0.3 is 0 Å². The van der Waals surface area contributed by atoms with E-state index < -0.39 is 0 Å². The Morgan fingerprint density at radius 1 is 0.750 bits per heavy atom. The largest absolute Gasteiger partial charge is 0.387 e. The predicted molar refractivity (Wildman–Crippen MR) is 91.6 cm³/mol. The first-order valence-corrected chi connectivity index (χ1v) is 8.27. The molecule has 0 saturated carbocycles. The normalized spacial score (nSPS) is 14.8. The van der Waals surface area contributed by atoms with Gasteiger partial charge in [-0.25, -0.2) is 4.99 Å². The zero-order valence-corrected chi connectivity index (χ0v) is 14.7. The van der Waals surface area contributed by atoms with E-state index in [4.69, 9.17) is 10.7 Å². The minimum absolute atomic E-state index is 0.0247. The molecule has 0 heterocycles. The van der Waals surface area contributed by atoms with Gasteiger partial charge in [-0.2, -0.15) is 0 Å². The zero-order chi connectivity index (χ0) is 15.8. The Labute approximate surface area is 126 Å². The molecule has 0 unspecified atom stereocenters. The smallest absolute Gasteiger partial charge is 0.131 e. The summed E-state index contributed by atoms with van der Waals surface area (Å²) in [5.41, 5.74) is 6.49. The van der Waals surface area contributed by atoms with E-state index in [2.05, 4.69) is 46.5 Å². The Bertz CT molecular complexity index is 318. The van der Waals surface area contributed by atoms with E-state index in [0.29, 0.717) is 0 Å². The Kier molecular flexibility index (Phi) is 8.07. The third-order valence-corrected chi connectivity index (χ3v) is 5.52. The van der Waals surface area contributed by atoms with Gasteiger partial charge < -0.3 is 5.73 Å². The molecule has 0 aromatic rings. The fourth-order valence-corrected chi connectivity index (χ4v) is 3.16. The van der Waals surface area contributed by atoms with Crippen LogP contribution in [0, 0.1) is 10.8 Å². The number of amidine groups is 2. The number of hydrogen-bond donors (Lipinski definition) is 1. The molecular weight excluding hydrogens is 246 g/mol. The van der Waals surface area contributed by atoms with Crippen LogP contribution < -0.4 is 5.73 Å². The van der Waals surface area contributed by atoms with Crippen molar-refractivity contribution in [3.8, 4) is 0 Å². The molecule has 0 amide bonds. The van der Waals surface area contributed by atoms with Crippen molar-refractivity contribution in [3.63, 3.8) is 0 Å². The molecule has 3 heteroatoms. The number of aliphatic imine (C=N–C) groups is 2. The van der Waals surface area contributed by atoms with Crippen LogP contribution in [0.15, 0.2) is 9.98 Å². The van der Waals surface area contributed by atoms with E-state index >= 15 is 0 Å². The van der Waals surface area contributed by atoms with Crippen LogP contribution in [0.3, 0.4) is 0 Å². The topological polar surface area (TPSA) is 50.7 Å². The Hall–Kier alpha value is -0.860. The van der Waals surface area contributed by atoms with E-state index in [1.54, 1.807) is 0 Å². The quantitative estimate of drug-likeness (QED) is 0.504. The maximum absolute atomic E-state index is 6.39. The third kappa shape index (κ3) is 3.62. The molecule has 0 aromatic carbocycles. The Morgan fingerprint density at radius 3 is 1.35 bits per heavy atom. The average Bonchev–Trinajstić information content (AvgIpc) is 2.50. The molecule has 118 valence electrons. The van der Waals surface area contributed by atoms with Gasteiger partial charge in [-0.3, -0.25) is 4.99 Å². The Morgan fingerprint density at radius 2 is 1.10 bits per heavy atom. The molecule has 0 radical (unpaired) electrons. The molecule has 0 aliphatic heterocycles. The van der Waals surface area contributed by atoms with Crippen LogP contribution in [0.4, 0.5) is 0 Å². The summed E-state index contributed by atoms with van der Waals surface area (Å²) in [4.78, 5) is 9.29. The van der Waals surface area contributed by atoms with E-state index in [-0.39, 0.29) is 10.8 Å². The van der Waals surface area contributed by atoms with Crippen LogP contribution in [0.25, 0.3) is 0 Å². The van der Waals surface area contributed by atoms with Gasteiger partial charge in [0.15, 0.2) is 0 Å². The lowest BCUT2D eigenvalue weighted by Crippen LogP contribution is -2.39. The fourth-order valence-electron chi connectivity index (χ4n) is 3.16. The van der Waals surface area contributed by atoms with Crippen LogP contribution in [0.1, 0.15) is 80.1 Å². The van der Waals surface area contributed by atoms with Crippen LogP contribution in [-0.2, 0) is 0 Å². The molecule has 0 aliphatic rings. The fraction of sp³-hybridized carbons (Fsp3) is 0.882. The van der Waals surface area contributed by atoms with E-state index in [0.717, 1.165) is 50.2 Å². The molecule has 0 aliphatic carbocycles. The average molecular weight is 281 g/mol. The number of nitrogens with two attached hydrogens (primary N) is 1. The molecule has 0 spiro atoms. The van der Waals surface area contributed by atoms with E-state index in [9.17, 15) is 0 Å². The maximum atomic E-state index is 6.39. The van der Waals surface area contributed by atoms with Gasteiger partial charge in [-0.05, 0) is 38.5 Å². The maximum Gasteiger partial charge on any atom is 0.131 e. The highest BCUT2D eigenvalue weighted by Crippen LogP contribution is 2.35. The van der Waals surface area contributed by atoms with Crippen LogP contribution in [0.2, 0.25) is 0 Å². The number of nitrogens with zero attached hydrogens (tertiary/aromatic N) is 2. The van der Waals surface area contributed by atoms with E-state index in [1.807, 2.05) is 7.05 Å². The van der Waals surface area contributed by atoms with Crippen molar-refractivity contribution < 1.29 is 0 Å². The van der Waals surface area contributed by atoms with Gasteiger partial charge in [0, 0.05) is 17.9 Å². The summed E-state index contributed by atoms with van der Waals surface area (Å²) >= 11 is 0. The van der Waals surface area contributed by atoms with Gasteiger partial charge in [0.05, 0.1) is 0 Å². The molecule has 2 N–H and O–H groups in total. The first kappa shape index (κ1) is 19.1. The van der Waals surface area contributed by atoms with Gasteiger partial charge in [-0.1, -0.05) is 41.5 Å². The van der Waals surface area contributed by atoms with Crippen molar-refractivity contribution in [3.05, 3.63) is 0 Å². The minimum Gasteiger partial charge on any atom is -0.387 e. The summed E-state index contributed by atoms with van der Waals surface area (Å²) in [6.45, 7) is 13.3. The van der Waals surface area contributed by atoms with Gasteiger partial charge in [0.1, 0.15) is 11.7 Å². The van der Waals surface area contributed by atoms with Crippen LogP contribution in [-0.4, -0.2) is 18.7 Å². The van der Waals surface area contributed by atoms with Gasteiger partial charge in [-0.15, -0.1) is 0 Å². The molecule has 0 aromatic heterocycles. The first-order chi connectivity index (χ1) is 9.45. The lowest BCUT2D eigenvalue weighted by atomic mass is 9.77. The second kappa shape index (κ2) is 8.43. The van der Waals surface area contributed by atoms with Crippen molar-refractivity contribution in [2.75, 3.05) is 7.05 Å². The van der Waals surface area contributed by atoms with Crippen LogP contribution in [0.5, 0.6) is 0 Å². The first-order valence-electron chi connectivity index (χ1n) is 8.27. The Balaban J connectivity index is 5.66. The van der Waals surface area contributed by atoms with E-state index in [1.165, 1.54) is 0 Å². The molecule has 0 bridgehead atoms. The minimum atomic E-state index is 0.0247. The van der Waals surface area contributed by atoms with Crippen molar-refractivity contribution >= 4 is 11.7 Å². The molecule has 3 nitrogen and oxygen atoms in total. The highest BCUT2D eigenvalue weighted by molar-refractivity contribution is 6.01. The predicted octanol–water partition coefficient (Wildman–Crippen LogP) is 4.80. The van der Waals surface area contributed by atoms with Crippen molar-refractivity contribution in [1.82, 2.24) is 0 Å². The third-order valence-electron chi connectivity index (χ3n) is 5.52. The molecule has 0 fully saturated rings. The number of hydrogen-bond acceptors (Lipinski definition) is 1. The summed E-state index contributed by atoms with van der Waals surface area (Å²) in [5, 5.41) is 0. The molecular formula is C17H35N3. The lowest BCUT2D eigenvalue weighted by molar-refractivity contribution is 0.361. The highest BCUT2D eigenvalue weighted by atomic mass is 15.0. The van der Waals surface area contributed by atoms with Crippen molar-refractivity contribution in [2.45, 2.75) is 80.1 Å². The van der Waals surface area contributed by atoms with Crippen LogP contribution >= 0.6 is 0 Å². The standard InChI is InChI=1S/C17H35N3/c1-8-16(9-2,10-3)14(18)20-15(19-7)17(11-4,12-5)13-6/h8-13H2,1-7H3,(H2,18,19,20). The SMILES string of the molecule is CCC(CC)(CC)C(N)=NC(=NC)C(CC)(CC)CC. The monoisotopic (exact) mass is 281 g/mol. The summed E-state index contributed by atoms with van der Waals surface area (Å²) in [6.07, 6.45) is 6.26. The molecule has 0 atom stereocenters. The summed E-state index contributed by atoms with van der Waals surface area (Å²) in [6, 6.07) is 0. The van der Waals surface area contributed by atoms with Crippen molar-refractivity contribution in [2.24, 2.45) is 26.5 Å². The molecule has 0 rings (SSSR count). The number of rotatable bonds is 8. The summed E-state index contributed by atoms with van der Waals surface area (Å²) in [5.74, 6) is 1.70. The lowest BCUT2D eigenvalue weighted by Gasteiger charge is -2.33. The summed E-state index contributed by atoms with van der Waals surface area (Å²) in [7, 11) is 1.84. The molecule has 0 saturated heterocycles. The zero-order valence-electron chi connectivity index (χ0n) is 14.7. The van der Waals surface area contributed by atoms with Crippen molar-refractivity contribution in [1.29, 1.82) is 0 Å². The second-order valence-corrected chi connectivity index (χ2v) is 5.73. The second-order valence-electron chi connectivity index (χ2n) is 5.73. The van der Waals surface area contributed by atoms with Gasteiger partial charge in [0.2, 0.25) is 0 Å². The highest BCUT2D eigenvalue weighted by Gasteiger charge is 2.33. The van der Waals surface area contributed by atoms with Gasteiger partial charge in [0.25, 0.3) is 0 Å².